The van der Waals surface area contributed by atoms with Gasteiger partial charge in [0.1, 0.15) is 0 Å². The molecule has 4 rings (SSSR count). The highest BCUT2D eigenvalue weighted by Gasteiger charge is 2.13. The van der Waals surface area contributed by atoms with Crippen molar-refractivity contribution in [1.29, 1.82) is 0 Å². The van der Waals surface area contributed by atoms with Crippen LogP contribution in [0.1, 0.15) is 15.9 Å². The van der Waals surface area contributed by atoms with Crippen molar-refractivity contribution in [3.8, 4) is 11.3 Å². The highest BCUT2D eigenvalue weighted by molar-refractivity contribution is 6.30. The summed E-state index contributed by atoms with van der Waals surface area (Å²) in [7, 11) is 0. The second-order valence-electron chi connectivity index (χ2n) is 6.12. The molecular formula is C22H16ClN3O. The van der Waals surface area contributed by atoms with E-state index in [9.17, 15) is 4.79 Å². The number of halogens is 1. The van der Waals surface area contributed by atoms with Crippen LogP contribution in [0.5, 0.6) is 0 Å². The van der Waals surface area contributed by atoms with Crippen molar-refractivity contribution in [2.75, 3.05) is 0 Å². The largest absolute Gasteiger partial charge is 0.348 e. The number of para-hydroxylation sites is 1. The predicted molar refractivity (Wildman–Crippen MR) is 108 cm³/mol. The first-order chi connectivity index (χ1) is 13.2. The van der Waals surface area contributed by atoms with Gasteiger partial charge in [0.2, 0.25) is 0 Å². The Kier molecular flexibility index (Phi) is 4.81. The van der Waals surface area contributed by atoms with E-state index in [0.717, 1.165) is 27.7 Å². The number of pyridine rings is 2. The van der Waals surface area contributed by atoms with Crippen LogP contribution in [-0.2, 0) is 6.54 Å². The highest BCUT2D eigenvalue weighted by atomic mass is 35.5. The maximum atomic E-state index is 12.9. The third kappa shape index (κ3) is 3.81. The van der Waals surface area contributed by atoms with Gasteiger partial charge >= 0.3 is 0 Å². The van der Waals surface area contributed by atoms with Gasteiger partial charge in [-0.05, 0) is 42.0 Å². The molecule has 1 amide bonds. The van der Waals surface area contributed by atoms with Gasteiger partial charge in [0.15, 0.2) is 0 Å². The first-order valence-electron chi connectivity index (χ1n) is 8.53. The van der Waals surface area contributed by atoms with Gasteiger partial charge < -0.3 is 5.32 Å². The Morgan fingerprint density at radius 2 is 1.70 bits per heavy atom. The Balaban J connectivity index is 1.72. The minimum Gasteiger partial charge on any atom is -0.348 e. The molecule has 0 unspecified atom stereocenters. The predicted octanol–water partition coefficient (Wildman–Crippen LogP) is 4.88. The second kappa shape index (κ2) is 7.56. The van der Waals surface area contributed by atoms with Crippen molar-refractivity contribution in [2.24, 2.45) is 0 Å². The van der Waals surface area contributed by atoms with E-state index in [1.54, 1.807) is 12.4 Å². The first kappa shape index (κ1) is 17.2. The molecule has 0 saturated heterocycles. The van der Waals surface area contributed by atoms with E-state index < -0.39 is 0 Å². The zero-order chi connectivity index (χ0) is 18.6. The zero-order valence-electron chi connectivity index (χ0n) is 14.4. The standard InChI is InChI=1S/C22H16ClN3O/c23-17-7-5-16(6-8-17)21-13-19(18-3-1-2-4-20(18)26-21)22(27)25-14-15-9-11-24-12-10-15/h1-13H,14H2,(H,25,27). The summed E-state index contributed by atoms with van der Waals surface area (Å²) in [6.07, 6.45) is 3.42. The maximum absolute atomic E-state index is 12.9. The lowest BCUT2D eigenvalue weighted by Gasteiger charge is -2.11. The number of nitrogens with zero attached hydrogens (tertiary/aromatic N) is 2. The Bertz CT molecular complexity index is 1100. The van der Waals surface area contributed by atoms with Gasteiger partial charge in [0.25, 0.3) is 5.91 Å². The number of benzene rings is 2. The monoisotopic (exact) mass is 373 g/mol. The summed E-state index contributed by atoms with van der Waals surface area (Å²) < 4.78 is 0. The summed E-state index contributed by atoms with van der Waals surface area (Å²) in [4.78, 5) is 21.6. The lowest BCUT2D eigenvalue weighted by atomic mass is 10.0. The lowest BCUT2D eigenvalue weighted by Crippen LogP contribution is -2.23. The van der Waals surface area contributed by atoms with Gasteiger partial charge in [-0.2, -0.15) is 0 Å². The Hall–Kier alpha value is -3.24. The van der Waals surface area contributed by atoms with Crippen molar-refractivity contribution >= 4 is 28.4 Å². The minimum absolute atomic E-state index is 0.138. The fourth-order valence-corrected chi connectivity index (χ4v) is 3.04. The molecule has 132 valence electrons. The SMILES string of the molecule is O=C(NCc1ccncc1)c1cc(-c2ccc(Cl)cc2)nc2ccccc12. The summed E-state index contributed by atoms with van der Waals surface area (Å²) in [6, 6.07) is 20.7. The molecule has 4 aromatic rings. The number of rotatable bonds is 4. The number of nitrogens with one attached hydrogen (secondary N) is 1. The van der Waals surface area contributed by atoms with Crippen LogP contribution >= 0.6 is 11.6 Å². The number of carbonyl (C=O) groups is 1. The summed E-state index contributed by atoms with van der Waals surface area (Å²) >= 11 is 5.99. The van der Waals surface area contributed by atoms with Gasteiger partial charge in [0, 0.05) is 34.9 Å². The molecule has 27 heavy (non-hydrogen) atoms. The van der Waals surface area contributed by atoms with Crippen LogP contribution in [0.4, 0.5) is 0 Å². The lowest BCUT2D eigenvalue weighted by molar-refractivity contribution is 0.0952. The molecule has 0 spiro atoms. The van der Waals surface area contributed by atoms with E-state index in [1.807, 2.05) is 66.7 Å². The molecule has 0 aliphatic carbocycles. The Morgan fingerprint density at radius 1 is 0.963 bits per heavy atom. The van der Waals surface area contributed by atoms with E-state index in [1.165, 1.54) is 0 Å². The molecule has 0 fully saturated rings. The van der Waals surface area contributed by atoms with E-state index >= 15 is 0 Å². The summed E-state index contributed by atoms with van der Waals surface area (Å²) in [5.74, 6) is -0.138. The number of fused-ring (bicyclic) bond motifs is 1. The molecule has 0 saturated carbocycles. The summed E-state index contributed by atoms with van der Waals surface area (Å²) in [5.41, 5.74) is 4.01. The summed E-state index contributed by atoms with van der Waals surface area (Å²) in [5, 5.41) is 4.46. The van der Waals surface area contributed by atoms with E-state index in [2.05, 4.69) is 10.3 Å². The Labute approximate surface area is 161 Å². The fourth-order valence-electron chi connectivity index (χ4n) is 2.91. The van der Waals surface area contributed by atoms with Gasteiger partial charge in [0.05, 0.1) is 16.8 Å². The van der Waals surface area contributed by atoms with E-state index in [0.29, 0.717) is 17.1 Å². The van der Waals surface area contributed by atoms with Crippen molar-refractivity contribution in [3.63, 3.8) is 0 Å². The van der Waals surface area contributed by atoms with Gasteiger partial charge in [-0.1, -0.05) is 41.9 Å². The highest BCUT2D eigenvalue weighted by Crippen LogP contribution is 2.26. The maximum Gasteiger partial charge on any atom is 0.252 e. The van der Waals surface area contributed by atoms with E-state index in [-0.39, 0.29) is 5.91 Å². The molecule has 0 aliphatic heterocycles. The number of hydrogen-bond acceptors (Lipinski definition) is 3. The number of hydrogen-bond donors (Lipinski definition) is 1. The van der Waals surface area contributed by atoms with Gasteiger partial charge in [-0.15, -0.1) is 0 Å². The molecule has 2 aromatic carbocycles. The van der Waals surface area contributed by atoms with Crippen LogP contribution in [0.2, 0.25) is 5.02 Å². The van der Waals surface area contributed by atoms with Crippen molar-refractivity contribution in [3.05, 3.63) is 95.3 Å². The molecule has 0 aliphatic rings. The van der Waals surface area contributed by atoms with Crippen LogP contribution in [-0.4, -0.2) is 15.9 Å². The average Bonchev–Trinajstić information content (AvgIpc) is 2.72. The zero-order valence-corrected chi connectivity index (χ0v) is 15.1. The molecule has 0 radical (unpaired) electrons. The van der Waals surface area contributed by atoms with Crippen molar-refractivity contribution < 1.29 is 4.79 Å². The number of carbonyl (C=O) groups excluding carboxylic acids is 1. The topological polar surface area (TPSA) is 54.9 Å². The molecule has 0 atom stereocenters. The van der Waals surface area contributed by atoms with Gasteiger partial charge in [-0.3, -0.25) is 9.78 Å². The normalized spacial score (nSPS) is 10.7. The van der Waals surface area contributed by atoms with Crippen molar-refractivity contribution in [1.82, 2.24) is 15.3 Å². The van der Waals surface area contributed by atoms with Crippen LogP contribution in [0.25, 0.3) is 22.2 Å². The molecule has 0 bridgehead atoms. The number of amides is 1. The third-order valence-corrected chi connectivity index (χ3v) is 4.56. The molecule has 1 N–H and O–H groups in total. The van der Waals surface area contributed by atoms with Crippen LogP contribution in [0.15, 0.2) is 79.1 Å². The molecular weight excluding hydrogens is 358 g/mol. The van der Waals surface area contributed by atoms with Crippen LogP contribution in [0, 0.1) is 0 Å². The Morgan fingerprint density at radius 3 is 2.48 bits per heavy atom. The van der Waals surface area contributed by atoms with E-state index in [4.69, 9.17) is 16.6 Å². The second-order valence-corrected chi connectivity index (χ2v) is 6.55. The van der Waals surface area contributed by atoms with Crippen molar-refractivity contribution in [2.45, 2.75) is 6.54 Å². The minimum atomic E-state index is -0.138. The molecule has 2 heterocycles. The molecule has 5 heteroatoms. The quantitative estimate of drug-likeness (QED) is 0.554. The first-order valence-corrected chi connectivity index (χ1v) is 8.91. The van der Waals surface area contributed by atoms with Crippen LogP contribution < -0.4 is 5.32 Å². The number of aromatic nitrogens is 2. The van der Waals surface area contributed by atoms with Gasteiger partial charge in [-0.25, -0.2) is 4.98 Å². The molecule has 2 aromatic heterocycles. The average molecular weight is 374 g/mol. The summed E-state index contributed by atoms with van der Waals surface area (Å²) in [6.45, 7) is 0.439. The fraction of sp³-hybridized carbons (Fsp3) is 0.0455. The smallest absolute Gasteiger partial charge is 0.252 e. The van der Waals surface area contributed by atoms with Crippen LogP contribution in [0.3, 0.4) is 0 Å². The third-order valence-electron chi connectivity index (χ3n) is 4.30. The molecule has 4 nitrogen and oxygen atoms in total.